The molecule has 1 aromatic rings. The number of nitrogens with zero attached hydrogens (tertiary/aromatic N) is 2. The average molecular weight is 301 g/mol. The SMILES string of the molecule is CCN(C(=O)OC(C)(C)C)c1cccnc1Br. The minimum absolute atomic E-state index is 0.367. The lowest BCUT2D eigenvalue weighted by molar-refractivity contribution is 0.0582. The molecule has 0 saturated carbocycles. The van der Waals surface area contributed by atoms with Gasteiger partial charge in [-0.15, -0.1) is 0 Å². The van der Waals surface area contributed by atoms with Gasteiger partial charge in [0.2, 0.25) is 0 Å². The second-order valence-corrected chi connectivity index (χ2v) is 5.29. The van der Waals surface area contributed by atoms with E-state index < -0.39 is 5.60 Å². The topological polar surface area (TPSA) is 42.4 Å². The Balaban J connectivity index is 2.93. The van der Waals surface area contributed by atoms with E-state index in [1.54, 1.807) is 17.2 Å². The van der Waals surface area contributed by atoms with Crippen LogP contribution < -0.4 is 4.90 Å². The van der Waals surface area contributed by atoms with Crippen LogP contribution in [0.2, 0.25) is 0 Å². The van der Waals surface area contributed by atoms with Crippen molar-refractivity contribution in [3.05, 3.63) is 22.9 Å². The molecule has 1 amide bonds. The predicted octanol–water partition coefficient (Wildman–Crippen LogP) is 3.61. The van der Waals surface area contributed by atoms with E-state index in [-0.39, 0.29) is 6.09 Å². The molecule has 0 N–H and O–H groups in total. The molecular formula is C12H17BrN2O2. The first-order valence-electron chi connectivity index (χ1n) is 5.46. The molecule has 0 spiro atoms. The van der Waals surface area contributed by atoms with Gasteiger partial charge >= 0.3 is 6.09 Å². The van der Waals surface area contributed by atoms with Crippen LogP contribution in [0.15, 0.2) is 22.9 Å². The minimum atomic E-state index is -0.501. The summed E-state index contributed by atoms with van der Waals surface area (Å²) in [7, 11) is 0. The van der Waals surface area contributed by atoms with Crippen LogP contribution in [-0.4, -0.2) is 23.2 Å². The highest BCUT2D eigenvalue weighted by molar-refractivity contribution is 9.10. The highest BCUT2D eigenvalue weighted by Gasteiger charge is 2.23. The zero-order valence-corrected chi connectivity index (χ0v) is 12.1. The van der Waals surface area contributed by atoms with Crippen LogP contribution >= 0.6 is 15.9 Å². The standard InChI is InChI=1S/C12H17BrN2O2/c1-5-15(11(16)17-12(2,3)4)9-7-6-8-14-10(9)13/h6-8H,5H2,1-4H3. The van der Waals surface area contributed by atoms with E-state index in [0.29, 0.717) is 16.8 Å². The molecule has 0 aromatic carbocycles. The molecule has 0 unspecified atom stereocenters. The van der Waals surface area contributed by atoms with Crippen molar-refractivity contribution in [3.63, 3.8) is 0 Å². The van der Waals surface area contributed by atoms with Gasteiger partial charge in [-0.1, -0.05) is 0 Å². The maximum Gasteiger partial charge on any atom is 0.414 e. The molecule has 1 rings (SSSR count). The fourth-order valence-electron chi connectivity index (χ4n) is 1.29. The number of carbonyl (C=O) groups is 1. The third-order valence-corrected chi connectivity index (χ3v) is 2.57. The Bertz CT molecular complexity index is 402. The van der Waals surface area contributed by atoms with E-state index in [2.05, 4.69) is 20.9 Å². The van der Waals surface area contributed by atoms with Crippen LogP contribution in [0.4, 0.5) is 10.5 Å². The van der Waals surface area contributed by atoms with Gasteiger partial charge in [-0.3, -0.25) is 4.90 Å². The number of amides is 1. The second kappa shape index (κ2) is 5.49. The van der Waals surface area contributed by atoms with E-state index in [4.69, 9.17) is 4.74 Å². The molecule has 17 heavy (non-hydrogen) atoms. The van der Waals surface area contributed by atoms with Crippen molar-refractivity contribution < 1.29 is 9.53 Å². The molecule has 0 aliphatic heterocycles. The Morgan fingerprint density at radius 3 is 2.65 bits per heavy atom. The summed E-state index contributed by atoms with van der Waals surface area (Å²) in [4.78, 5) is 17.6. The van der Waals surface area contributed by atoms with Crippen LogP contribution in [0.3, 0.4) is 0 Å². The largest absolute Gasteiger partial charge is 0.443 e. The Morgan fingerprint density at radius 1 is 1.53 bits per heavy atom. The number of halogens is 1. The summed E-state index contributed by atoms with van der Waals surface area (Å²) in [6, 6.07) is 3.61. The Labute approximate surface area is 110 Å². The van der Waals surface area contributed by atoms with Crippen LogP contribution in [-0.2, 0) is 4.74 Å². The summed E-state index contributed by atoms with van der Waals surface area (Å²) in [6.45, 7) is 7.95. The lowest BCUT2D eigenvalue weighted by atomic mass is 10.2. The van der Waals surface area contributed by atoms with Crippen molar-refractivity contribution in [2.24, 2.45) is 0 Å². The smallest absolute Gasteiger partial charge is 0.414 e. The second-order valence-electron chi connectivity index (χ2n) is 4.54. The van der Waals surface area contributed by atoms with Crippen LogP contribution in [0.1, 0.15) is 27.7 Å². The summed E-state index contributed by atoms with van der Waals surface area (Å²) in [5, 5.41) is 0. The van der Waals surface area contributed by atoms with Crippen molar-refractivity contribution in [2.75, 3.05) is 11.4 Å². The number of carbonyl (C=O) groups excluding carboxylic acids is 1. The molecule has 0 radical (unpaired) electrons. The highest BCUT2D eigenvalue weighted by Crippen LogP contribution is 2.24. The number of pyridine rings is 1. The van der Waals surface area contributed by atoms with Crippen molar-refractivity contribution >= 4 is 27.7 Å². The summed E-state index contributed by atoms with van der Waals surface area (Å²) >= 11 is 3.33. The first-order chi connectivity index (χ1) is 7.85. The number of hydrogen-bond acceptors (Lipinski definition) is 3. The maximum atomic E-state index is 12.0. The van der Waals surface area contributed by atoms with Crippen molar-refractivity contribution in [1.82, 2.24) is 4.98 Å². The van der Waals surface area contributed by atoms with E-state index in [0.717, 1.165) is 0 Å². The number of hydrogen-bond donors (Lipinski definition) is 0. The van der Waals surface area contributed by atoms with Gasteiger partial charge in [0.05, 0.1) is 5.69 Å². The molecule has 0 bridgehead atoms. The number of rotatable bonds is 2. The lowest BCUT2D eigenvalue weighted by Gasteiger charge is -2.26. The fraction of sp³-hybridized carbons (Fsp3) is 0.500. The lowest BCUT2D eigenvalue weighted by Crippen LogP contribution is -2.37. The van der Waals surface area contributed by atoms with Gasteiger partial charge in [0.25, 0.3) is 0 Å². The molecule has 0 saturated heterocycles. The van der Waals surface area contributed by atoms with Gasteiger partial charge in [-0.25, -0.2) is 9.78 Å². The van der Waals surface area contributed by atoms with Crippen molar-refractivity contribution in [2.45, 2.75) is 33.3 Å². The number of anilines is 1. The normalized spacial score (nSPS) is 11.1. The minimum Gasteiger partial charge on any atom is -0.443 e. The van der Waals surface area contributed by atoms with E-state index in [1.807, 2.05) is 33.8 Å². The van der Waals surface area contributed by atoms with Gasteiger partial charge in [-0.05, 0) is 55.8 Å². The predicted molar refractivity (Wildman–Crippen MR) is 71.2 cm³/mol. The van der Waals surface area contributed by atoms with E-state index in [1.165, 1.54) is 0 Å². The molecule has 1 aromatic heterocycles. The first kappa shape index (κ1) is 14.0. The zero-order chi connectivity index (χ0) is 13.1. The Hall–Kier alpha value is -1.10. The van der Waals surface area contributed by atoms with Crippen LogP contribution in [0, 0.1) is 0 Å². The quantitative estimate of drug-likeness (QED) is 0.784. The van der Waals surface area contributed by atoms with Gasteiger partial charge < -0.3 is 4.74 Å². The molecule has 0 aliphatic rings. The van der Waals surface area contributed by atoms with Crippen molar-refractivity contribution in [3.8, 4) is 0 Å². The molecule has 1 heterocycles. The molecule has 0 fully saturated rings. The summed E-state index contributed by atoms with van der Waals surface area (Å²) in [6.07, 6.45) is 1.30. The fourth-order valence-corrected chi connectivity index (χ4v) is 1.76. The summed E-state index contributed by atoms with van der Waals surface area (Å²) in [5.74, 6) is 0. The Kier molecular flexibility index (Phi) is 4.51. The van der Waals surface area contributed by atoms with Crippen LogP contribution in [0.25, 0.3) is 0 Å². The summed E-state index contributed by atoms with van der Waals surface area (Å²) < 4.78 is 5.97. The van der Waals surface area contributed by atoms with Gasteiger partial charge in [-0.2, -0.15) is 0 Å². The van der Waals surface area contributed by atoms with Gasteiger partial charge in [0, 0.05) is 12.7 Å². The molecule has 0 aliphatic carbocycles. The molecule has 4 nitrogen and oxygen atoms in total. The highest BCUT2D eigenvalue weighted by atomic mass is 79.9. The van der Waals surface area contributed by atoms with E-state index >= 15 is 0 Å². The first-order valence-corrected chi connectivity index (χ1v) is 6.25. The van der Waals surface area contributed by atoms with Crippen LogP contribution in [0.5, 0.6) is 0 Å². The number of ether oxygens (including phenoxy) is 1. The maximum absolute atomic E-state index is 12.0. The monoisotopic (exact) mass is 300 g/mol. The van der Waals surface area contributed by atoms with Gasteiger partial charge in [0.15, 0.2) is 0 Å². The molecular weight excluding hydrogens is 284 g/mol. The molecule has 5 heteroatoms. The zero-order valence-electron chi connectivity index (χ0n) is 10.5. The van der Waals surface area contributed by atoms with E-state index in [9.17, 15) is 4.79 Å². The molecule has 94 valence electrons. The third kappa shape index (κ3) is 4.00. The number of aromatic nitrogens is 1. The summed E-state index contributed by atoms with van der Waals surface area (Å²) in [5.41, 5.74) is 0.211. The average Bonchev–Trinajstić information content (AvgIpc) is 2.19. The van der Waals surface area contributed by atoms with Crippen molar-refractivity contribution in [1.29, 1.82) is 0 Å². The third-order valence-electron chi connectivity index (χ3n) is 1.96. The molecule has 0 atom stereocenters. The van der Waals surface area contributed by atoms with Gasteiger partial charge in [0.1, 0.15) is 10.2 Å². The Morgan fingerprint density at radius 2 is 2.18 bits per heavy atom.